The Kier molecular flexibility index (Phi) is 5.78. The molecule has 0 aromatic rings. The SMILES string of the molecule is C=CC1C=CNC1=O.C=COC(C)=O. The van der Waals surface area contributed by atoms with Crippen LogP contribution in [0.5, 0.6) is 0 Å². The molecule has 1 heterocycles. The summed E-state index contributed by atoms with van der Waals surface area (Å²) in [6.07, 6.45) is 6.12. The molecule has 0 aromatic carbocycles. The van der Waals surface area contributed by atoms with Crippen LogP contribution in [0.25, 0.3) is 0 Å². The van der Waals surface area contributed by atoms with E-state index in [1.807, 2.05) is 0 Å². The van der Waals surface area contributed by atoms with E-state index in [2.05, 4.69) is 23.2 Å². The van der Waals surface area contributed by atoms with Crippen molar-refractivity contribution in [2.45, 2.75) is 6.92 Å². The second-order valence-electron chi connectivity index (χ2n) is 2.41. The molecule has 1 aliphatic rings. The van der Waals surface area contributed by atoms with Crippen molar-refractivity contribution in [3.05, 3.63) is 37.8 Å². The van der Waals surface area contributed by atoms with E-state index in [-0.39, 0.29) is 17.8 Å². The fourth-order valence-electron chi connectivity index (χ4n) is 0.720. The summed E-state index contributed by atoms with van der Waals surface area (Å²) in [6.45, 7) is 7.96. The monoisotopic (exact) mass is 195 g/mol. The van der Waals surface area contributed by atoms with Crippen molar-refractivity contribution in [1.29, 1.82) is 0 Å². The molecule has 0 bridgehead atoms. The molecule has 1 atom stereocenters. The quantitative estimate of drug-likeness (QED) is 0.408. The van der Waals surface area contributed by atoms with Gasteiger partial charge in [0.05, 0.1) is 12.2 Å². The summed E-state index contributed by atoms with van der Waals surface area (Å²) in [4.78, 5) is 20.3. The van der Waals surface area contributed by atoms with Crippen molar-refractivity contribution in [2.24, 2.45) is 5.92 Å². The summed E-state index contributed by atoms with van der Waals surface area (Å²) in [7, 11) is 0. The van der Waals surface area contributed by atoms with Crippen molar-refractivity contribution in [3.63, 3.8) is 0 Å². The molecule has 0 aliphatic carbocycles. The molecule has 0 radical (unpaired) electrons. The summed E-state index contributed by atoms with van der Waals surface area (Å²) in [5.41, 5.74) is 0. The van der Waals surface area contributed by atoms with Crippen LogP contribution in [0.4, 0.5) is 0 Å². The number of hydrogen-bond acceptors (Lipinski definition) is 3. The molecule has 0 saturated carbocycles. The van der Waals surface area contributed by atoms with Crippen LogP contribution in [-0.4, -0.2) is 11.9 Å². The first-order chi connectivity index (χ1) is 6.61. The predicted octanol–water partition coefficient (Wildman–Crippen LogP) is 1.13. The van der Waals surface area contributed by atoms with Gasteiger partial charge in [0.15, 0.2) is 0 Å². The molecule has 1 N–H and O–H groups in total. The lowest BCUT2D eigenvalue weighted by Crippen LogP contribution is -2.16. The van der Waals surface area contributed by atoms with E-state index in [0.717, 1.165) is 6.26 Å². The first kappa shape index (κ1) is 12.2. The fraction of sp³-hybridized carbons (Fsp3) is 0.200. The largest absolute Gasteiger partial charge is 0.435 e. The van der Waals surface area contributed by atoms with Gasteiger partial charge in [-0.05, 0) is 0 Å². The lowest BCUT2D eigenvalue weighted by atomic mass is 10.2. The molecule has 0 spiro atoms. The summed E-state index contributed by atoms with van der Waals surface area (Å²) in [5, 5.41) is 2.53. The minimum absolute atomic E-state index is 0.0139. The Bertz CT molecular complexity index is 269. The molecule has 1 rings (SSSR count). The van der Waals surface area contributed by atoms with Gasteiger partial charge in [-0.15, -0.1) is 6.58 Å². The van der Waals surface area contributed by atoms with Crippen molar-refractivity contribution >= 4 is 11.9 Å². The van der Waals surface area contributed by atoms with Gasteiger partial charge in [-0.2, -0.15) is 0 Å². The Labute approximate surface area is 82.9 Å². The van der Waals surface area contributed by atoms with E-state index >= 15 is 0 Å². The third-order valence-electron chi connectivity index (χ3n) is 1.34. The molecule has 1 amide bonds. The average Bonchev–Trinajstić information content (AvgIpc) is 2.51. The van der Waals surface area contributed by atoms with Gasteiger partial charge < -0.3 is 10.1 Å². The first-order valence-electron chi connectivity index (χ1n) is 3.99. The van der Waals surface area contributed by atoms with E-state index in [0.29, 0.717) is 0 Å². The first-order valence-corrected chi connectivity index (χ1v) is 3.99. The highest BCUT2D eigenvalue weighted by Gasteiger charge is 2.13. The van der Waals surface area contributed by atoms with Gasteiger partial charge in [-0.25, -0.2) is 0 Å². The van der Waals surface area contributed by atoms with Crippen LogP contribution < -0.4 is 5.32 Å². The van der Waals surface area contributed by atoms with Crippen LogP contribution in [0, 0.1) is 5.92 Å². The second-order valence-corrected chi connectivity index (χ2v) is 2.41. The molecule has 4 heteroatoms. The number of ether oxygens (including phenoxy) is 1. The van der Waals surface area contributed by atoms with Gasteiger partial charge in [0.2, 0.25) is 5.91 Å². The Balaban J connectivity index is 0.000000255. The number of esters is 1. The maximum atomic E-state index is 10.6. The molecule has 0 saturated heterocycles. The fourth-order valence-corrected chi connectivity index (χ4v) is 0.720. The van der Waals surface area contributed by atoms with E-state index < -0.39 is 0 Å². The van der Waals surface area contributed by atoms with E-state index in [1.54, 1.807) is 18.4 Å². The zero-order chi connectivity index (χ0) is 11.0. The van der Waals surface area contributed by atoms with E-state index in [1.165, 1.54) is 6.92 Å². The summed E-state index contributed by atoms with van der Waals surface area (Å²) in [5.74, 6) is -0.417. The zero-order valence-electron chi connectivity index (χ0n) is 8.03. The van der Waals surface area contributed by atoms with Crippen molar-refractivity contribution in [1.82, 2.24) is 5.32 Å². The summed E-state index contributed by atoms with van der Waals surface area (Å²) >= 11 is 0. The normalized spacial score (nSPS) is 17.5. The lowest BCUT2D eigenvalue weighted by Gasteiger charge is -1.93. The minimum Gasteiger partial charge on any atom is -0.435 e. The molecular weight excluding hydrogens is 182 g/mol. The highest BCUT2D eigenvalue weighted by atomic mass is 16.5. The molecule has 4 nitrogen and oxygen atoms in total. The van der Waals surface area contributed by atoms with Gasteiger partial charge in [-0.1, -0.05) is 18.7 Å². The van der Waals surface area contributed by atoms with Crippen LogP contribution in [0.1, 0.15) is 6.92 Å². The topological polar surface area (TPSA) is 55.4 Å². The molecule has 1 aliphatic heterocycles. The summed E-state index contributed by atoms with van der Waals surface area (Å²) < 4.78 is 4.17. The second kappa shape index (κ2) is 6.65. The number of amides is 1. The number of carbonyl (C=O) groups excluding carboxylic acids is 2. The van der Waals surface area contributed by atoms with Crippen molar-refractivity contribution in [2.75, 3.05) is 0 Å². The van der Waals surface area contributed by atoms with Gasteiger partial charge in [-0.3, -0.25) is 9.59 Å². The molecule has 0 aromatic heterocycles. The van der Waals surface area contributed by atoms with Gasteiger partial charge in [0, 0.05) is 13.1 Å². The van der Waals surface area contributed by atoms with Crippen molar-refractivity contribution < 1.29 is 14.3 Å². The van der Waals surface area contributed by atoms with Crippen LogP contribution in [0.3, 0.4) is 0 Å². The maximum absolute atomic E-state index is 10.6. The van der Waals surface area contributed by atoms with Crippen molar-refractivity contribution in [3.8, 4) is 0 Å². The van der Waals surface area contributed by atoms with E-state index in [4.69, 9.17) is 0 Å². The number of rotatable bonds is 2. The maximum Gasteiger partial charge on any atom is 0.307 e. The zero-order valence-corrected chi connectivity index (χ0v) is 8.03. The molecule has 76 valence electrons. The highest BCUT2D eigenvalue weighted by molar-refractivity contribution is 5.85. The van der Waals surface area contributed by atoms with Crippen LogP contribution in [0.15, 0.2) is 37.8 Å². The van der Waals surface area contributed by atoms with Gasteiger partial charge >= 0.3 is 5.97 Å². The average molecular weight is 195 g/mol. The standard InChI is InChI=1S/C6H7NO.C4H6O2/c1-2-5-3-4-7-6(5)8;1-3-6-4(2)5/h2-5H,1H2,(H,7,8);3H,1H2,2H3. The van der Waals surface area contributed by atoms with Crippen LogP contribution in [-0.2, 0) is 14.3 Å². The highest BCUT2D eigenvalue weighted by Crippen LogP contribution is 2.04. The third kappa shape index (κ3) is 4.92. The smallest absolute Gasteiger partial charge is 0.307 e. The Morgan fingerprint density at radius 1 is 1.64 bits per heavy atom. The Hall–Kier alpha value is -1.84. The number of hydrogen-bond donors (Lipinski definition) is 1. The minimum atomic E-state index is -0.329. The van der Waals surface area contributed by atoms with Gasteiger partial charge in [0.1, 0.15) is 0 Å². The predicted molar refractivity (Wildman–Crippen MR) is 52.9 cm³/mol. The summed E-state index contributed by atoms with van der Waals surface area (Å²) in [6, 6.07) is 0. The Morgan fingerprint density at radius 3 is 2.43 bits per heavy atom. The lowest BCUT2D eigenvalue weighted by molar-refractivity contribution is -0.135. The van der Waals surface area contributed by atoms with Crippen LogP contribution >= 0.6 is 0 Å². The third-order valence-corrected chi connectivity index (χ3v) is 1.34. The van der Waals surface area contributed by atoms with Crippen LogP contribution in [0.2, 0.25) is 0 Å². The number of nitrogens with one attached hydrogen (secondary N) is 1. The molecular formula is C10H13NO3. The Morgan fingerprint density at radius 2 is 2.29 bits per heavy atom. The van der Waals surface area contributed by atoms with E-state index in [9.17, 15) is 9.59 Å². The molecule has 0 fully saturated rings. The van der Waals surface area contributed by atoms with Gasteiger partial charge in [0.25, 0.3) is 0 Å². The molecule has 14 heavy (non-hydrogen) atoms. The number of carbonyl (C=O) groups is 2. The molecule has 1 unspecified atom stereocenters.